The molecule has 0 saturated carbocycles. The van der Waals surface area contributed by atoms with Crippen molar-refractivity contribution in [1.82, 2.24) is 0 Å². The molecule has 0 radical (unpaired) electrons. The second-order valence-electron chi connectivity index (χ2n) is 5.14. The number of allylic oxidation sites excluding steroid dienone is 4. The molecule has 0 aromatic carbocycles. The Morgan fingerprint density at radius 1 is 1.28 bits per heavy atom. The molecular formula is C12H22IO3PSi. The van der Waals surface area contributed by atoms with Crippen LogP contribution in [0, 0.1) is 0 Å². The Labute approximate surface area is 125 Å². The molecule has 0 saturated heterocycles. The molecule has 1 rings (SSSR count). The van der Waals surface area contributed by atoms with Gasteiger partial charge in [-0.1, -0.05) is 54.4 Å². The molecule has 0 fully saturated rings. The third-order valence-electron chi connectivity index (χ3n) is 2.67. The fourth-order valence-electron chi connectivity index (χ4n) is 1.95. The summed E-state index contributed by atoms with van der Waals surface area (Å²) >= 11 is 2.30. The van der Waals surface area contributed by atoms with Gasteiger partial charge in [0.05, 0.1) is 30.5 Å². The smallest absolute Gasteiger partial charge is 0.306 e. The Bertz CT molecular complexity index is 402. The van der Waals surface area contributed by atoms with E-state index >= 15 is 0 Å². The minimum atomic E-state index is -3.13. The molecule has 0 aliphatic heterocycles. The first-order chi connectivity index (χ1) is 8.26. The largest absolute Gasteiger partial charge is 0.358 e. The van der Waals surface area contributed by atoms with Crippen LogP contribution in [-0.2, 0) is 13.6 Å². The van der Waals surface area contributed by atoms with Gasteiger partial charge >= 0.3 is 7.60 Å². The van der Waals surface area contributed by atoms with E-state index in [1.54, 1.807) is 0 Å². The van der Waals surface area contributed by atoms with Crippen LogP contribution in [0.1, 0.15) is 13.8 Å². The minimum Gasteiger partial charge on any atom is -0.306 e. The Morgan fingerprint density at radius 3 is 2.17 bits per heavy atom. The number of rotatable bonds is 6. The van der Waals surface area contributed by atoms with Gasteiger partial charge in [-0.15, -0.1) is 0 Å². The van der Waals surface area contributed by atoms with Crippen LogP contribution in [0.2, 0.25) is 19.6 Å². The molecule has 3 nitrogen and oxygen atoms in total. The maximum Gasteiger partial charge on any atom is 0.358 e. The van der Waals surface area contributed by atoms with E-state index < -0.39 is 15.7 Å². The fourth-order valence-corrected chi connectivity index (χ4v) is 8.54. The molecular weight excluding hydrogens is 378 g/mol. The van der Waals surface area contributed by atoms with E-state index in [-0.39, 0.29) is 3.92 Å². The predicted octanol–water partition coefficient (Wildman–Crippen LogP) is 4.76. The summed E-state index contributed by atoms with van der Waals surface area (Å²) in [6.07, 6.45) is 4.21. The molecule has 0 amide bonds. The maximum absolute atomic E-state index is 13.0. The first-order valence-electron chi connectivity index (χ1n) is 6.23. The highest BCUT2D eigenvalue weighted by Crippen LogP contribution is 2.62. The summed E-state index contributed by atoms with van der Waals surface area (Å²) in [6.45, 7) is 11.3. The highest BCUT2D eigenvalue weighted by molar-refractivity contribution is 14.1. The Kier molecular flexibility index (Phi) is 5.87. The lowest BCUT2D eigenvalue weighted by atomic mass is 10.5. The molecule has 0 spiro atoms. The average molecular weight is 400 g/mol. The normalized spacial score (nSPS) is 20.9. The van der Waals surface area contributed by atoms with Crippen molar-refractivity contribution in [2.24, 2.45) is 0 Å². The standard InChI is InChI=1S/C12H22IO3PSi/c1-6-15-17(14,16-7-2)12-10(13)8-9-11(12)18(3,4)5/h8-10H,6-7H2,1-5H3. The first kappa shape index (κ1) is 16.6. The van der Waals surface area contributed by atoms with Crippen molar-refractivity contribution < 1.29 is 13.6 Å². The summed E-state index contributed by atoms with van der Waals surface area (Å²) < 4.78 is 24.1. The minimum absolute atomic E-state index is 0.119. The zero-order valence-corrected chi connectivity index (χ0v) is 15.7. The SMILES string of the molecule is CCOP(=O)(OCC)C1=C([Si](C)(C)C)C=CC1I. The van der Waals surface area contributed by atoms with Gasteiger partial charge in [0.2, 0.25) is 0 Å². The quantitative estimate of drug-likeness (QED) is 0.279. The Balaban J connectivity index is 3.28. The number of hydrogen-bond donors (Lipinski definition) is 0. The van der Waals surface area contributed by atoms with Crippen LogP contribution in [0.5, 0.6) is 0 Å². The van der Waals surface area contributed by atoms with E-state index in [0.29, 0.717) is 13.2 Å². The van der Waals surface area contributed by atoms with E-state index in [1.807, 2.05) is 13.8 Å². The van der Waals surface area contributed by atoms with Crippen molar-refractivity contribution >= 4 is 38.3 Å². The highest BCUT2D eigenvalue weighted by Gasteiger charge is 2.40. The molecule has 0 N–H and O–H groups in total. The van der Waals surface area contributed by atoms with E-state index in [9.17, 15) is 4.57 Å². The van der Waals surface area contributed by atoms with Gasteiger partial charge < -0.3 is 9.05 Å². The Hall–Kier alpha value is 0.577. The van der Waals surface area contributed by atoms with Gasteiger partial charge in [-0.3, -0.25) is 4.57 Å². The molecule has 1 atom stereocenters. The zero-order chi connectivity index (χ0) is 14.0. The molecule has 18 heavy (non-hydrogen) atoms. The van der Waals surface area contributed by atoms with E-state index in [2.05, 4.69) is 54.4 Å². The van der Waals surface area contributed by atoms with Crippen LogP contribution in [0.25, 0.3) is 0 Å². The molecule has 0 aromatic heterocycles. The number of halogens is 1. The highest BCUT2D eigenvalue weighted by atomic mass is 127. The van der Waals surface area contributed by atoms with Gasteiger partial charge in [-0.05, 0) is 19.0 Å². The zero-order valence-electron chi connectivity index (χ0n) is 11.7. The average Bonchev–Trinajstić information content (AvgIpc) is 2.61. The first-order valence-corrected chi connectivity index (χ1v) is 12.5. The lowest BCUT2D eigenvalue weighted by Crippen LogP contribution is -2.24. The van der Waals surface area contributed by atoms with Crippen molar-refractivity contribution in [3.05, 3.63) is 22.7 Å². The van der Waals surface area contributed by atoms with Crippen LogP contribution >= 0.6 is 30.2 Å². The van der Waals surface area contributed by atoms with Gasteiger partial charge in [-0.2, -0.15) is 0 Å². The summed E-state index contributed by atoms with van der Waals surface area (Å²) in [7, 11) is -4.67. The van der Waals surface area contributed by atoms with Crippen LogP contribution in [0.3, 0.4) is 0 Å². The molecule has 1 unspecified atom stereocenters. The van der Waals surface area contributed by atoms with E-state index in [0.717, 1.165) is 5.31 Å². The van der Waals surface area contributed by atoms with Crippen molar-refractivity contribution in [2.45, 2.75) is 37.4 Å². The third-order valence-corrected chi connectivity index (χ3v) is 8.77. The van der Waals surface area contributed by atoms with Crippen molar-refractivity contribution in [3.63, 3.8) is 0 Å². The maximum atomic E-state index is 13.0. The third kappa shape index (κ3) is 3.57. The monoisotopic (exact) mass is 400 g/mol. The summed E-state index contributed by atoms with van der Waals surface area (Å²) in [4.78, 5) is 0. The lowest BCUT2D eigenvalue weighted by Gasteiger charge is -2.26. The van der Waals surface area contributed by atoms with Crippen molar-refractivity contribution in [3.8, 4) is 0 Å². The molecule has 104 valence electrons. The van der Waals surface area contributed by atoms with Gasteiger partial charge in [0.15, 0.2) is 0 Å². The summed E-state index contributed by atoms with van der Waals surface area (Å²) in [5.41, 5.74) is 0. The molecule has 0 aromatic rings. The van der Waals surface area contributed by atoms with Gasteiger partial charge in [0.25, 0.3) is 0 Å². The lowest BCUT2D eigenvalue weighted by molar-refractivity contribution is 0.226. The number of hydrogen-bond acceptors (Lipinski definition) is 3. The summed E-state index contributed by atoms with van der Waals surface area (Å²) in [6, 6.07) is 0. The van der Waals surface area contributed by atoms with E-state index in [4.69, 9.17) is 9.05 Å². The van der Waals surface area contributed by atoms with Gasteiger partial charge in [0, 0.05) is 0 Å². The fraction of sp³-hybridized carbons (Fsp3) is 0.667. The van der Waals surface area contributed by atoms with Crippen molar-refractivity contribution in [1.29, 1.82) is 0 Å². The van der Waals surface area contributed by atoms with Crippen LogP contribution in [0.4, 0.5) is 0 Å². The predicted molar refractivity (Wildman–Crippen MR) is 88.2 cm³/mol. The second-order valence-corrected chi connectivity index (χ2v) is 13.5. The second kappa shape index (κ2) is 6.35. The molecule has 0 bridgehead atoms. The van der Waals surface area contributed by atoms with Crippen molar-refractivity contribution in [2.75, 3.05) is 13.2 Å². The topological polar surface area (TPSA) is 35.5 Å². The molecule has 0 heterocycles. The van der Waals surface area contributed by atoms with Crippen LogP contribution in [-0.4, -0.2) is 25.2 Å². The van der Waals surface area contributed by atoms with E-state index in [1.165, 1.54) is 5.20 Å². The van der Waals surface area contributed by atoms with Gasteiger partial charge in [0.1, 0.15) is 0 Å². The summed E-state index contributed by atoms with van der Waals surface area (Å²) in [5, 5.41) is 2.10. The van der Waals surface area contributed by atoms with Crippen LogP contribution < -0.4 is 0 Å². The molecule has 6 heteroatoms. The molecule has 1 aliphatic carbocycles. The van der Waals surface area contributed by atoms with Crippen LogP contribution in [0.15, 0.2) is 22.7 Å². The summed E-state index contributed by atoms with van der Waals surface area (Å²) in [5.74, 6) is 0. The van der Waals surface area contributed by atoms with Gasteiger partial charge in [-0.25, -0.2) is 0 Å². The Morgan fingerprint density at radius 2 is 1.78 bits per heavy atom. The number of alkyl halides is 1. The molecule has 1 aliphatic rings.